The van der Waals surface area contributed by atoms with Crippen LogP contribution in [0.3, 0.4) is 0 Å². The molecule has 2 amide bonds. The molecule has 0 aromatic heterocycles. The molecule has 1 N–H and O–H groups in total. The summed E-state index contributed by atoms with van der Waals surface area (Å²) < 4.78 is 10.4. The lowest BCUT2D eigenvalue weighted by atomic mass is 9.95. The molecule has 0 spiro atoms. The van der Waals surface area contributed by atoms with Crippen molar-refractivity contribution in [2.45, 2.75) is 11.8 Å². The number of rotatable bonds is 7. The van der Waals surface area contributed by atoms with Gasteiger partial charge in [-0.25, -0.2) is 0 Å². The highest BCUT2D eigenvalue weighted by molar-refractivity contribution is 7.99. The summed E-state index contributed by atoms with van der Waals surface area (Å²) in [5.41, 5.74) is 0.670. The molecule has 0 bridgehead atoms. The van der Waals surface area contributed by atoms with E-state index in [1.165, 1.54) is 11.8 Å². The second-order valence-corrected chi connectivity index (χ2v) is 6.33. The number of nitrogens with zero attached hydrogens (tertiary/aromatic N) is 1. The molecule has 24 heavy (non-hydrogen) atoms. The zero-order valence-electron chi connectivity index (χ0n) is 13.2. The van der Waals surface area contributed by atoms with E-state index in [4.69, 9.17) is 9.47 Å². The maximum Gasteiger partial charge on any atom is 0.285 e. The van der Waals surface area contributed by atoms with Crippen molar-refractivity contribution in [3.63, 3.8) is 0 Å². The molecule has 0 aliphatic carbocycles. The Morgan fingerprint density at radius 2 is 1.92 bits per heavy atom. The predicted octanol–water partition coefficient (Wildman–Crippen LogP) is 2.93. The summed E-state index contributed by atoms with van der Waals surface area (Å²) in [7, 11) is 0. The van der Waals surface area contributed by atoms with E-state index in [9.17, 15) is 14.8 Å². The van der Waals surface area contributed by atoms with Gasteiger partial charge in [-0.15, -0.1) is 16.8 Å². The molecule has 2 aromatic carbocycles. The summed E-state index contributed by atoms with van der Waals surface area (Å²) >= 11 is 1.54. The van der Waals surface area contributed by atoms with Gasteiger partial charge in [0.15, 0.2) is 0 Å². The number of hydrogen-bond donors (Lipinski definition) is 1. The van der Waals surface area contributed by atoms with Crippen LogP contribution in [0.4, 0.5) is 0 Å². The summed E-state index contributed by atoms with van der Waals surface area (Å²) in [5.74, 6) is -0.685. The van der Waals surface area contributed by atoms with Crippen LogP contribution in [0.1, 0.15) is 27.6 Å². The van der Waals surface area contributed by atoms with E-state index >= 15 is 0 Å². The Bertz CT molecular complexity index is 792. The summed E-state index contributed by atoms with van der Waals surface area (Å²) in [6.07, 6.45) is 0. The Morgan fingerprint density at radius 3 is 2.71 bits per heavy atom. The molecule has 1 aliphatic rings. The number of ether oxygens (including phenoxy) is 2. The molecule has 0 unspecified atom stereocenters. The average Bonchev–Trinajstić information content (AvgIpc) is 2.60. The number of hydroxylamine groups is 2. The number of carbonyl (C=O) groups is 2. The van der Waals surface area contributed by atoms with Gasteiger partial charge in [-0.2, -0.15) is 0 Å². The van der Waals surface area contributed by atoms with Gasteiger partial charge in [0.1, 0.15) is 6.79 Å². The first kappa shape index (κ1) is 16.9. The lowest BCUT2D eigenvalue weighted by Gasteiger charge is -2.22. The van der Waals surface area contributed by atoms with Crippen molar-refractivity contribution in [2.75, 3.05) is 25.8 Å². The molecular formula is C17H17NO5S. The SMILES string of the molecule is CCOCOCCSc1cc2c3c(cccc3c1)C(=O)N(O)C2=O. The largest absolute Gasteiger partial charge is 0.356 e. The molecule has 2 aromatic rings. The van der Waals surface area contributed by atoms with E-state index < -0.39 is 11.8 Å². The first-order chi connectivity index (χ1) is 11.6. The van der Waals surface area contributed by atoms with Gasteiger partial charge < -0.3 is 9.47 Å². The summed E-state index contributed by atoms with van der Waals surface area (Å²) in [4.78, 5) is 25.1. The van der Waals surface area contributed by atoms with Gasteiger partial charge in [-0.3, -0.25) is 14.8 Å². The van der Waals surface area contributed by atoms with Crippen LogP contribution >= 0.6 is 11.8 Å². The van der Waals surface area contributed by atoms with Crippen molar-refractivity contribution in [1.82, 2.24) is 5.06 Å². The van der Waals surface area contributed by atoms with E-state index in [1.54, 1.807) is 18.2 Å². The number of carbonyl (C=O) groups excluding carboxylic acids is 2. The Labute approximate surface area is 143 Å². The smallest absolute Gasteiger partial charge is 0.285 e. The van der Waals surface area contributed by atoms with Crippen molar-refractivity contribution >= 4 is 34.3 Å². The van der Waals surface area contributed by atoms with Gasteiger partial charge in [-0.05, 0) is 30.5 Å². The molecule has 0 radical (unpaired) electrons. The normalized spacial score (nSPS) is 13.8. The van der Waals surface area contributed by atoms with Crippen molar-refractivity contribution < 1.29 is 24.3 Å². The van der Waals surface area contributed by atoms with Gasteiger partial charge >= 0.3 is 0 Å². The highest BCUT2D eigenvalue weighted by Crippen LogP contribution is 2.33. The Kier molecular flexibility index (Phi) is 5.15. The van der Waals surface area contributed by atoms with Crippen molar-refractivity contribution in [2.24, 2.45) is 0 Å². The molecule has 126 valence electrons. The van der Waals surface area contributed by atoms with Crippen LogP contribution < -0.4 is 0 Å². The molecule has 0 fully saturated rings. The van der Waals surface area contributed by atoms with Gasteiger partial charge in [0.25, 0.3) is 11.8 Å². The Hall–Kier alpha value is -1.93. The van der Waals surface area contributed by atoms with Crippen molar-refractivity contribution in [3.8, 4) is 0 Å². The van der Waals surface area contributed by atoms with E-state index in [-0.39, 0.29) is 11.9 Å². The molecule has 1 aliphatic heterocycles. The second kappa shape index (κ2) is 7.31. The molecule has 6 nitrogen and oxygen atoms in total. The standard InChI is InChI=1S/C17H17NO5S/c1-2-22-10-23-6-7-24-12-8-11-4-3-5-13-15(11)14(9-12)17(20)18(21)16(13)19/h3-5,8-9,21H,2,6-7,10H2,1H3. The predicted molar refractivity (Wildman–Crippen MR) is 89.4 cm³/mol. The maximum absolute atomic E-state index is 12.2. The fraction of sp³-hybridized carbons (Fsp3) is 0.294. The minimum Gasteiger partial charge on any atom is -0.356 e. The third-order valence-corrected chi connectivity index (χ3v) is 4.60. The number of thioether (sulfide) groups is 1. The number of amides is 2. The van der Waals surface area contributed by atoms with Crippen LogP contribution in [0.2, 0.25) is 0 Å². The second-order valence-electron chi connectivity index (χ2n) is 5.16. The minimum absolute atomic E-state index is 0.177. The molecule has 1 heterocycles. The fourth-order valence-electron chi connectivity index (χ4n) is 2.57. The summed E-state index contributed by atoms with van der Waals surface area (Å²) in [6.45, 7) is 3.31. The van der Waals surface area contributed by atoms with Crippen LogP contribution in [0, 0.1) is 0 Å². The highest BCUT2D eigenvalue weighted by Gasteiger charge is 2.32. The molecule has 0 saturated carbocycles. The molecule has 7 heteroatoms. The Balaban J connectivity index is 1.83. The zero-order valence-corrected chi connectivity index (χ0v) is 14.0. The molecular weight excluding hydrogens is 330 g/mol. The fourth-order valence-corrected chi connectivity index (χ4v) is 3.42. The van der Waals surface area contributed by atoms with Crippen LogP contribution in [0.5, 0.6) is 0 Å². The van der Waals surface area contributed by atoms with Crippen LogP contribution in [0.25, 0.3) is 10.8 Å². The Morgan fingerprint density at radius 1 is 1.12 bits per heavy atom. The molecule has 0 saturated heterocycles. The average molecular weight is 347 g/mol. The van der Waals surface area contributed by atoms with Gasteiger partial charge in [0.2, 0.25) is 0 Å². The number of benzene rings is 2. The third kappa shape index (κ3) is 3.16. The third-order valence-electron chi connectivity index (χ3n) is 3.66. The number of imide groups is 1. The lowest BCUT2D eigenvalue weighted by molar-refractivity contribution is -0.0435. The summed E-state index contributed by atoms with van der Waals surface area (Å²) in [5, 5.41) is 11.3. The van der Waals surface area contributed by atoms with E-state index in [0.717, 1.165) is 10.3 Å². The van der Waals surface area contributed by atoms with Crippen LogP contribution in [-0.4, -0.2) is 47.8 Å². The monoisotopic (exact) mass is 347 g/mol. The van der Waals surface area contributed by atoms with Crippen molar-refractivity contribution in [3.05, 3.63) is 41.5 Å². The van der Waals surface area contributed by atoms with Gasteiger partial charge in [0.05, 0.1) is 17.7 Å². The zero-order chi connectivity index (χ0) is 17.1. The van der Waals surface area contributed by atoms with Crippen molar-refractivity contribution in [1.29, 1.82) is 0 Å². The number of hydrogen-bond acceptors (Lipinski definition) is 6. The molecule has 3 rings (SSSR count). The van der Waals surface area contributed by atoms with Crippen LogP contribution in [-0.2, 0) is 9.47 Å². The first-order valence-electron chi connectivity index (χ1n) is 7.56. The topological polar surface area (TPSA) is 76.1 Å². The highest BCUT2D eigenvalue weighted by atomic mass is 32.2. The van der Waals surface area contributed by atoms with Gasteiger partial charge in [-0.1, -0.05) is 12.1 Å². The van der Waals surface area contributed by atoms with Gasteiger partial charge in [0, 0.05) is 22.6 Å². The van der Waals surface area contributed by atoms with E-state index in [0.29, 0.717) is 35.5 Å². The minimum atomic E-state index is -0.696. The lowest BCUT2D eigenvalue weighted by Crippen LogP contribution is -2.37. The van der Waals surface area contributed by atoms with E-state index in [2.05, 4.69) is 0 Å². The van der Waals surface area contributed by atoms with Crippen LogP contribution in [0.15, 0.2) is 35.2 Å². The summed E-state index contributed by atoms with van der Waals surface area (Å²) in [6, 6.07) is 8.84. The first-order valence-corrected chi connectivity index (χ1v) is 8.54. The quantitative estimate of drug-likeness (QED) is 0.273. The molecule has 0 atom stereocenters. The maximum atomic E-state index is 12.2. The van der Waals surface area contributed by atoms with E-state index in [1.807, 2.05) is 19.1 Å².